The summed E-state index contributed by atoms with van der Waals surface area (Å²) in [5.41, 5.74) is 1.66. The van der Waals surface area contributed by atoms with E-state index in [1.807, 2.05) is 24.3 Å². The minimum Gasteiger partial charge on any atom is -0.291 e. The minimum atomic E-state index is 0.0575. The van der Waals surface area contributed by atoms with E-state index in [0.717, 1.165) is 30.4 Å². The zero-order valence-corrected chi connectivity index (χ0v) is 10.2. The molecule has 0 saturated heterocycles. The van der Waals surface area contributed by atoms with Gasteiger partial charge in [-0.15, -0.1) is 0 Å². The van der Waals surface area contributed by atoms with E-state index in [1.165, 1.54) is 0 Å². The van der Waals surface area contributed by atoms with Crippen molar-refractivity contribution in [1.29, 1.82) is 0 Å². The molecule has 17 heavy (non-hydrogen) atoms. The second kappa shape index (κ2) is 4.08. The van der Waals surface area contributed by atoms with E-state index in [-0.39, 0.29) is 11.9 Å². The molecule has 1 aliphatic heterocycles. The molecule has 1 heterocycles. The van der Waals surface area contributed by atoms with Crippen LogP contribution in [-0.4, -0.2) is 21.8 Å². The highest BCUT2D eigenvalue weighted by Crippen LogP contribution is 2.28. The van der Waals surface area contributed by atoms with Crippen LogP contribution in [0.3, 0.4) is 0 Å². The number of rotatable bonds is 1. The molecule has 0 unspecified atom stereocenters. The van der Waals surface area contributed by atoms with Crippen LogP contribution in [0.2, 0.25) is 0 Å². The van der Waals surface area contributed by atoms with Crippen LogP contribution in [0.15, 0.2) is 36.4 Å². The Hall–Kier alpha value is -1.48. The first kappa shape index (κ1) is 10.7. The number of nitrogens with zero attached hydrogens (tertiary/aromatic N) is 1. The van der Waals surface area contributed by atoms with Crippen molar-refractivity contribution >= 4 is 23.1 Å². The highest BCUT2D eigenvalue weighted by molar-refractivity contribution is 7.80. The van der Waals surface area contributed by atoms with Crippen LogP contribution in [0.4, 0.5) is 0 Å². The van der Waals surface area contributed by atoms with Crippen LogP contribution in [0.5, 0.6) is 0 Å². The molecule has 2 aliphatic rings. The van der Waals surface area contributed by atoms with Gasteiger partial charge in [0.05, 0.1) is 11.6 Å². The maximum absolute atomic E-state index is 12.3. The molecule has 1 aliphatic carbocycles. The second-order valence-electron chi connectivity index (χ2n) is 4.45. The molecule has 0 spiro atoms. The molecule has 0 N–H and O–H groups in total. The molecule has 3 heteroatoms. The summed E-state index contributed by atoms with van der Waals surface area (Å²) < 4.78 is 0. The van der Waals surface area contributed by atoms with Crippen LogP contribution >= 0.6 is 12.2 Å². The number of hydrogen-bond donors (Lipinski definition) is 0. The summed E-state index contributed by atoms with van der Waals surface area (Å²) in [6, 6.07) is 7.76. The quantitative estimate of drug-likeness (QED) is 0.558. The number of fused-ring (bicyclic) bond motifs is 1. The third-order valence-corrected chi connectivity index (χ3v) is 3.80. The molecule has 0 saturated carbocycles. The molecule has 1 amide bonds. The van der Waals surface area contributed by atoms with E-state index >= 15 is 0 Å². The van der Waals surface area contributed by atoms with Crippen molar-refractivity contribution in [2.24, 2.45) is 0 Å². The molecule has 86 valence electrons. The van der Waals surface area contributed by atoms with Gasteiger partial charge in [-0.25, -0.2) is 0 Å². The highest BCUT2D eigenvalue weighted by atomic mass is 32.1. The molecule has 0 radical (unpaired) electrons. The van der Waals surface area contributed by atoms with Gasteiger partial charge in [0.2, 0.25) is 0 Å². The molecule has 1 aromatic rings. The lowest BCUT2D eigenvalue weighted by Crippen LogP contribution is -2.38. The van der Waals surface area contributed by atoms with Gasteiger partial charge in [-0.2, -0.15) is 0 Å². The summed E-state index contributed by atoms with van der Waals surface area (Å²) in [6.07, 6.45) is 7.51. The van der Waals surface area contributed by atoms with Crippen LogP contribution in [0.1, 0.15) is 35.2 Å². The summed E-state index contributed by atoms with van der Waals surface area (Å²) >= 11 is 5.42. The Labute approximate surface area is 106 Å². The van der Waals surface area contributed by atoms with E-state index < -0.39 is 0 Å². The molecular weight excluding hydrogens is 230 g/mol. The molecule has 0 bridgehead atoms. The molecule has 1 aromatic carbocycles. The predicted molar refractivity (Wildman–Crippen MR) is 71.1 cm³/mol. The minimum absolute atomic E-state index is 0.0575. The van der Waals surface area contributed by atoms with Crippen molar-refractivity contribution in [3.63, 3.8) is 0 Å². The Kier molecular flexibility index (Phi) is 2.56. The van der Waals surface area contributed by atoms with E-state index in [4.69, 9.17) is 12.2 Å². The van der Waals surface area contributed by atoms with Gasteiger partial charge in [-0.3, -0.25) is 9.69 Å². The van der Waals surface area contributed by atoms with Gasteiger partial charge >= 0.3 is 0 Å². The lowest BCUT2D eigenvalue weighted by Gasteiger charge is -2.27. The first-order valence-electron chi connectivity index (χ1n) is 5.92. The fourth-order valence-corrected chi connectivity index (χ4v) is 2.91. The van der Waals surface area contributed by atoms with Gasteiger partial charge in [-0.1, -0.05) is 42.6 Å². The van der Waals surface area contributed by atoms with Gasteiger partial charge in [-0.05, 0) is 25.3 Å². The zero-order valence-electron chi connectivity index (χ0n) is 9.43. The Morgan fingerprint density at radius 2 is 2.00 bits per heavy atom. The molecule has 0 fully saturated rings. The fourth-order valence-electron chi connectivity index (χ4n) is 2.52. The first-order chi connectivity index (χ1) is 8.29. The average molecular weight is 243 g/mol. The average Bonchev–Trinajstić information content (AvgIpc) is 2.64. The van der Waals surface area contributed by atoms with Crippen molar-refractivity contribution in [3.8, 4) is 0 Å². The van der Waals surface area contributed by atoms with Crippen molar-refractivity contribution in [3.05, 3.63) is 47.5 Å². The zero-order chi connectivity index (χ0) is 11.8. The van der Waals surface area contributed by atoms with E-state index in [2.05, 4.69) is 12.2 Å². The summed E-state index contributed by atoms with van der Waals surface area (Å²) in [7, 11) is 0. The van der Waals surface area contributed by atoms with E-state index in [1.54, 1.807) is 4.90 Å². The highest BCUT2D eigenvalue weighted by Gasteiger charge is 2.36. The number of benzene rings is 1. The van der Waals surface area contributed by atoms with Crippen LogP contribution in [0, 0.1) is 0 Å². The Balaban J connectivity index is 2.00. The summed E-state index contributed by atoms with van der Waals surface area (Å²) in [5, 5.41) is 0. The Morgan fingerprint density at radius 1 is 1.24 bits per heavy atom. The van der Waals surface area contributed by atoms with Crippen molar-refractivity contribution in [2.45, 2.75) is 25.3 Å². The van der Waals surface area contributed by atoms with Gasteiger partial charge in [0, 0.05) is 5.56 Å². The molecule has 2 nitrogen and oxygen atoms in total. The summed E-state index contributed by atoms with van der Waals surface area (Å²) in [4.78, 5) is 14.8. The lowest BCUT2D eigenvalue weighted by atomic mass is 10.0. The largest absolute Gasteiger partial charge is 0.291 e. The number of carbonyl (C=O) groups excluding carboxylic acids is 1. The number of thiocarbonyl (C=S) groups is 1. The van der Waals surface area contributed by atoms with Crippen LogP contribution in [-0.2, 0) is 0 Å². The van der Waals surface area contributed by atoms with Gasteiger partial charge in [0.15, 0.2) is 0 Å². The monoisotopic (exact) mass is 243 g/mol. The summed E-state index contributed by atoms with van der Waals surface area (Å²) in [6.45, 7) is 0. The maximum Gasteiger partial charge on any atom is 0.260 e. The SMILES string of the molecule is O=C1c2ccccc2C(=S)N1[C@@H]1C=CCCC1. The van der Waals surface area contributed by atoms with Gasteiger partial charge in [0.25, 0.3) is 5.91 Å². The number of allylic oxidation sites excluding steroid dienone is 1. The predicted octanol–water partition coefficient (Wildman–Crippen LogP) is 2.93. The van der Waals surface area contributed by atoms with Gasteiger partial charge in [0.1, 0.15) is 4.99 Å². The molecular formula is C14H13NOS. The summed E-state index contributed by atoms with van der Waals surface area (Å²) in [5.74, 6) is 0.0575. The van der Waals surface area contributed by atoms with Crippen molar-refractivity contribution in [1.82, 2.24) is 4.90 Å². The fraction of sp³-hybridized carbons (Fsp3) is 0.286. The first-order valence-corrected chi connectivity index (χ1v) is 6.33. The lowest BCUT2D eigenvalue weighted by molar-refractivity contribution is 0.0832. The second-order valence-corrected chi connectivity index (χ2v) is 4.84. The number of carbonyl (C=O) groups is 1. The normalized spacial score (nSPS) is 23.1. The van der Waals surface area contributed by atoms with E-state index in [0.29, 0.717) is 4.99 Å². The van der Waals surface area contributed by atoms with Crippen LogP contribution in [0.25, 0.3) is 0 Å². The Bertz CT molecular complexity index is 486. The van der Waals surface area contributed by atoms with Gasteiger partial charge < -0.3 is 0 Å². The Morgan fingerprint density at radius 3 is 2.65 bits per heavy atom. The number of hydrogen-bond acceptors (Lipinski definition) is 2. The molecule has 3 rings (SSSR count). The molecule has 0 aromatic heterocycles. The van der Waals surface area contributed by atoms with Crippen molar-refractivity contribution in [2.75, 3.05) is 0 Å². The van der Waals surface area contributed by atoms with Crippen LogP contribution < -0.4 is 0 Å². The van der Waals surface area contributed by atoms with Crippen molar-refractivity contribution < 1.29 is 4.79 Å². The third kappa shape index (κ3) is 1.62. The number of amides is 1. The topological polar surface area (TPSA) is 20.3 Å². The standard InChI is InChI=1S/C14H13NOS/c16-13-11-8-4-5-9-12(11)14(17)15(13)10-6-2-1-3-7-10/h2,4-6,8-10H,1,3,7H2/t10-/m1/s1. The third-order valence-electron chi connectivity index (χ3n) is 3.39. The molecule has 1 atom stereocenters. The maximum atomic E-state index is 12.3. The smallest absolute Gasteiger partial charge is 0.260 e. The van der Waals surface area contributed by atoms with E-state index in [9.17, 15) is 4.79 Å².